The van der Waals surface area contributed by atoms with E-state index in [1.807, 2.05) is 0 Å². The van der Waals surface area contributed by atoms with Crippen molar-refractivity contribution in [2.75, 3.05) is 0 Å². The summed E-state index contributed by atoms with van der Waals surface area (Å²) in [6, 6.07) is 0. The van der Waals surface area contributed by atoms with E-state index in [0.717, 1.165) is 14.8 Å². The molecule has 1 heterocycles. The van der Waals surface area contributed by atoms with Crippen LogP contribution >= 0.6 is 34.1 Å². The third-order valence-electron chi connectivity index (χ3n) is 3.21. The van der Waals surface area contributed by atoms with E-state index in [1.54, 1.807) is 0 Å². The Morgan fingerprint density at radius 3 is 2.57 bits per heavy atom. The lowest BCUT2D eigenvalue weighted by molar-refractivity contribution is 0.313. The van der Waals surface area contributed by atoms with E-state index in [0.29, 0.717) is 5.92 Å². The largest absolute Gasteiger partial charge is 0.213 e. The lowest BCUT2D eigenvalue weighted by Crippen LogP contribution is -2.13. The fraction of sp³-hybridized carbons (Fsp3) is 0.800. The van der Waals surface area contributed by atoms with Gasteiger partial charge in [-0.3, -0.25) is 0 Å². The Kier molecular flexibility index (Phi) is 3.76. The lowest BCUT2D eigenvalue weighted by Gasteiger charge is -2.25. The second kappa shape index (κ2) is 4.88. The average molecular weight is 322 g/mol. The Bertz CT molecular complexity index is 292. The minimum absolute atomic E-state index is 0.651. The number of aromatic nitrogens is 2. The van der Waals surface area contributed by atoms with Gasteiger partial charge in [-0.1, -0.05) is 13.3 Å². The Balaban J connectivity index is 1.95. The van der Waals surface area contributed by atoms with Crippen molar-refractivity contribution in [1.82, 2.24) is 9.36 Å². The Hall–Kier alpha value is 0.290. The molecule has 1 saturated carbocycles. The fourth-order valence-corrected chi connectivity index (χ4v) is 3.25. The molecule has 0 bridgehead atoms. The van der Waals surface area contributed by atoms with Gasteiger partial charge < -0.3 is 0 Å². The summed E-state index contributed by atoms with van der Waals surface area (Å²) in [5.41, 5.74) is 0. The van der Waals surface area contributed by atoms with Gasteiger partial charge in [-0.2, -0.15) is 4.37 Å². The van der Waals surface area contributed by atoms with Crippen LogP contribution in [-0.4, -0.2) is 9.36 Å². The van der Waals surface area contributed by atoms with Crippen molar-refractivity contribution >= 4 is 34.1 Å². The van der Waals surface area contributed by atoms with E-state index < -0.39 is 0 Å². The van der Waals surface area contributed by atoms with Crippen LogP contribution in [-0.2, 0) is 0 Å². The first-order chi connectivity index (χ1) is 6.79. The van der Waals surface area contributed by atoms with Gasteiger partial charge in [-0.15, -0.1) is 0 Å². The molecule has 2 rings (SSSR count). The molecular weight excluding hydrogens is 307 g/mol. The van der Waals surface area contributed by atoms with Gasteiger partial charge in [0, 0.05) is 5.92 Å². The van der Waals surface area contributed by atoms with Crippen molar-refractivity contribution in [3.05, 3.63) is 8.84 Å². The third-order valence-corrected chi connectivity index (χ3v) is 4.56. The summed E-state index contributed by atoms with van der Waals surface area (Å²) >= 11 is 3.78. The first-order valence-corrected chi connectivity index (χ1v) is 7.14. The maximum Gasteiger partial charge on any atom is 0.173 e. The molecule has 0 amide bonds. The molecule has 1 aromatic rings. The molecule has 0 unspecified atom stereocenters. The van der Waals surface area contributed by atoms with Crippen molar-refractivity contribution in [1.29, 1.82) is 0 Å². The molecular formula is C10H15IN2S. The second-order valence-electron chi connectivity index (χ2n) is 4.03. The first-order valence-electron chi connectivity index (χ1n) is 5.28. The van der Waals surface area contributed by atoms with E-state index >= 15 is 0 Å². The standard InChI is InChI=1S/C10H15IN2S/c1-2-7-3-5-8(6-4-7)9-12-10(11)14-13-9/h7-8H,2-6H2,1H3. The molecule has 1 aromatic heterocycles. The minimum Gasteiger partial charge on any atom is -0.213 e. The quantitative estimate of drug-likeness (QED) is 0.774. The Labute approximate surface area is 103 Å². The summed E-state index contributed by atoms with van der Waals surface area (Å²) in [5, 5.41) is 0. The zero-order valence-electron chi connectivity index (χ0n) is 8.37. The molecule has 1 fully saturated rings. The van der Waals surface area contributed by atoms with Crippen LogP contribution in [0.3, 0.4) is 0 Å². The number of rotatable bonds is 2. The number of halogens is 1. The van der Waals surface area contributed by atoms with E-state index in [4.69, 9.17) is 0 Å². The van der Waals surface area contributed by atoms with Gasteiger partial charge in [0.2, 0.25) is 0 Å². The van der Waals surface area contributed by atoms with Crippen LogP contribution in [0.25, 0.3) is 0 Å². The highest BCUT2D eigenvalue weighted by molar-refractivity contribution is 14.1. The van der Waals surface area contributed by atoms with Crippen molar-refractivity contribution < 1.29 is 0 Å². The van der Waals surface area contributed by atoms with Crippen molar-refractivity contribution in [3.8, 4) is 0 Å². The second-order valence-corrected chi connectivity index (χ2v) is 6.54. The van der Waals surface area contributed by atoms with Crippen LogP contribution in [0.2, 0.25) is 0 Å². The fourth-order valence-electron chi connectivity index (χ4n) is 2.21. The smallest absolute Gasteiger partial charge is 0.173 e. The van der Waals surface area contributed by atoms with Crippen molar-refractivity contribution in [2.45, 2.75) is 44.9 Å². The van der Waals surface area contributed by atoms with Gasteiger partial charge >= 0.3 is 0 Å². The molecule has 0 saturated heterocycles. The van der Waals surface area contributed by atoms with Crippen LogP contribution < -0.4 is 0 Å². The average Bonchev–Trinajstić information content (AvgIpc) is 2.65. The van der Waals surface area contributed by atoms with Gasteiger partial charge in [0.15, 0.2) is 3.01 Å². The number of hydrogen-bond donors (Lipinski definition) is 0. The zero-order valence-corrected chi connectivity index (χ0v) is 11.3. The maximum atomic E-state index is 4.48. The summed E-state index contributed by atoms with van der Waals surface area (Å²) < 4.78 is 5.49. The summed E-state index contributed by atoms with van der Waals surface area (Å²) in [7, 11) is 0. The molecule has 0 atom stereocenters. The molecule has 0 spiro atoms. The highest BCUT2D eigenvalue weighted by atomic mass is 127. The zero-order chi connectivity index (χ0) is 9.97. The Morgan fingerprint density at radius 1 is 1.36 bits per heavy atom. The van der Waals surface area contributed by atoms with Gasteiger partial charge in [-0.25, -0.2) is 4.98 Å². The summed E-state index contributed by atoms with van der Waals surface area (Å²) in [6.45, 7) is 2.30. The molecule has 4 heteroatoms. The maximum absolute atomic E-state index is 4.48. The van der Waals surface area contributed by atoms with Crippen LogP contribution in [0.15, 0.2) is 0 Å². The molecule has 1 aliphatic rings. The van der Waals surface area contributed by atoms with E-state index in [1.165, 1.54) is 43.6 Å². The van der Waals surface area contributed by atoms with Gasteiger partial charge in [0.05, 0.1) is 0 Å². The minimum atomic E-state index is 0.651. The van der Waals surface area contributed by atoms with Crippen LogP contribution in [0, 0.1) is 8.93 Å². The molecule has 0 aliphatic heterocycles. The third kappa shape index (κ3) is 2.45. The van der Waals surface area contributed by atoms with Crippen LogP contribution in [0.1, 0.15) is 50.8 Å². The molecule has 0 N–H and O–H groups in total. The monoisotopic (exact) mass is 322 g/mol. The van der Waals surface area contributed by atoms with E-state index in [2.05, 4.69) is 38.9 Å². The number of nitrogens with zero attached hydrogens (tertiary/aromatic N) is 2. The molecule has 0 radical (unpaired) electrons. The van der Waals surface area contributed by atoms with Crippen molar-refractivity contribution in [2.24, 2.45) is 5.92 Å². The summed E-state index contributed by atoms with van der Waals surface area (Å²) in [4.78, 5) is 4.48. The topological polar surface area (TPSA) is 25.8 Å². The summed E-state index contributed by atoms with van der Waals surface area (Å²) in [5.74, 6) is 2.72. The first kappa shape index (κ1) is 10.8. The van der Waals surface area contributed by atoms with Gasteiger partial charge in [0.25, 0.3) is 0 Å². The molecule has 2 nitrogen and oxygen atoms in total. The highest BCUT2D eigenvalue weighted by Gasteiger charge is 2.23. The molecule has 0 aromatic carbocycles. The van der Waals surface area contributed by atoms with Crippen molar-refractivity contribution in [3.63, 3.8) is 0 Å². The predicted octanol–water partition coefficient (Wildman–Crippen LogP) is 3.83. The molecule has 1 aliphatic carbocycles. The van der Waals surface area contributed by atoms with E-state index in [9.17, 15) is 0 Å². The summed E-state index contributed by atoms with van der Waals surface area (Å²) in [6.07, 6.45) is 6.68. The predicted molar refractivity (Wildman–Crippen MR) is 67.6 cm³/mol. The van der Waals surface area contributed by atoms with Gasteiger partial charge in [0.1, 0.15) is 5.82 Å². The van der Waals surface area contributed by atoms with Gasteiger partial charge in [-0.05, 0) is 65.7 Å². The van der Waals surface area contributed by atoms with Crippen LogP contribution in [0.5, 0.6) is 0 Å². The molecule has 14 heavy (non-hydrogen) atoms. The highest BCUT2D eigenvalue weighted by Crippen LogP contribution is 2.36. The Morgan fingerprint density at radius 2 is 2.07 bits per heavy atom. The van der Waals surface area contributed by atoms with E-state index in [-0.39, 0.29) is 0 Å². The van der Waals surface area contributed by atoms with Crippen LogP contribution in [0.4, 0.5) is 0 Å². The molecule has 78 valence electrons. The normalized spacial score (nSPS) is 27.9. The number of hydrogen-bond acceptors (Lipinski definition) is 3. The lowest BCUT2D eigenvalue weighted by atomic mass is 9.80. The SMILES string of the molecule is CCC1CCC(c2nsc(I)n2)CC1.